The highest BCUT2D eigenvalue weighted by molar-refractivity contribution is 5.97. The summed E-state index contributed by atoms with van der Waals surface area (Å²) in [5.74, 6) is -0.201. The minimum Gasteiger partial charge on any atom is -0.385 e. The molecule has 0 saturated carbocycles. The highest BCUT2D eigenvalue weighted by atomic mass is 16.5. The fourth-order valence-corrected chi connectivity index (χ4v) is 2.69. The summed E-state index contributed by atoms with van der Waals surface area (Å²) in [4.78, 5) is 39.3. The Hall–Kier alpha value is -2.41. The largest absolute Gasteiger partial charge is 0.385 e. The summed E-state index contributed by atoms with van der Waals surface area (Å²) in [7, 11) is 1.62. The van der Waals surface area contributed by atoms with Gasteiger partial charge in [-0.15, -0.1) is 0 Å². The van der Waals surface area contributed by atoms with E-state index in [1.165, 1.54) is 6.92 Å². The van der Waals surface area contributed by atoms with Crippen LogP contribution < -0.4 is 5.32 Å². The second-order valence-electron chi connectivity index (χ2n) is 5.98. The number of carbonyl (C=O) groups is 3. The first-order valence-corrected chi connectivity index (χ1v) is 8.45. The van der Waals surface area contributed by atoms with Gasteiger partial charge in [-0.2, -0.15) is 0 Å². The van der Waals surface area contributed by atoms with Crippen molar-refractivity contribution >= 4 is 17.7 Å². The van der Waals surface area contributed by atoms with Crippen molar-refractivity contribution in [3.8, 4) is 0 Å². The molecule has 1 fully saturated rings. The lowest BCUT2D eigenvalue weighted by Crippen LogP contribution is -2.50. The van der Waals surface area contributed by atoms with Crippen molar-refractivity contribution in [1.82, 2.24) is 15.1 Å². The smallest absolute Gasteiger partial charge is 0.253 e. The van der Waals surface area contributed by atoms with Gasteiger partial charge in [-0.25, -0.2) is 0 Å². The van der Waals surface area contributed by atoms with Crippen LogP contribution in [0.2, 0.25) is 0 Å². The van der Waals surface area contributed by atoms with Crippen molar-refractivity contribution in [3.63, 3.8) is 0 Å². The summed E-state index contributed by atoms with van der Waals surface area (Å²) >= 11 is 0. The fraction of sp³-hybridized carbons (Fsp3) is 0.500. The number of amides is 3. The van der Waals surface area contributed by atoms with Gasteiger partial charge in [-0.05, 0) is 30.7 Å². The Morgan fingerprint density at radius 3 is 2.12 bits per heavy atom. The number of hydrogen-bond donors (Lipinski definition) is 1. The Kier molecular flexibility index (Phi) is 6.94. The Labute approximate surface area is 147 Å². The summed E-state index contributed by atoms with van der Waals surface area (Å²) in [6, 6.07) is 6.66. The minimum absolute atomic E-state index is 0.0352. The van der Waals surface area contributed by atoms with E-state index in [9.17, 15) is 14.4 Å². The first kappa shape index (κ1) is 18.9. The number of carbonyl (C=O) groups excluding carboxylic acids is 3. The molecule has 136 valence electrons. The molecule has 2 rings (SSSR count). The SMILES string of the molecule is COCCCNC(=O)c1ccc(C(=O)N2CCN(C(C)=O)CC2)cc1. The number of rotatable bonds is 6. The zero-order chi connectivity index (χ0) is 18.2. The number of benzene rings is 1. The highest BCUT2D eigenvalue weighted by Crippen LogP contribution is 2.11. The van der Waals surface area contributed by atoms with Gasteiger partial charge in [0.25, 0.3) is 11.8 Å². The van der Waals surface area contributed by atoms with E-state index in [4.69, 9.17) is 4.74 Å². The molecule has 0 unspecified atom stereocenters. The summed E-state index contributed by atoms with van der Waals surface area (Å²) < 4.78 is 4.93. The van der Waals surface area contributed by atoms with Crippen LogP contribution in [0.3, 0.4) is 0 Å². The number of methoxy groups -OCH3 is 1. The lowest BCUT2D eigenvalue weighted by molar-refractivity contribution is -0.130. The molecule has 0 radical (unpaired) electrons. The monoisotopic (exact) mass is 347 g/mol. The molecule has 1 aliphatic rings. The molecule has 7 heteroatoms. The number of hydrogen-bond acceptors (Lipinski definition) is 4. The number of nitrogens with one attached hydrogen (secondary N) is 1. The molecule has 3 amide bonds. The third-order valence-corrected chi connectivity index (χ3v) is 4.22. The Morgan fingerprint density at radius 1 is 1.00 bits per heavy atom. The van der Waals surface area contributed by atoms with E-state index in [0.29, 0.717) is 50.5 Å². The lowest BCUT2D eigenvalue weighted by Gasteiger charge is -2.34. The molecule has 1 aromatic carbocycles. The van der Waals surface area contributed by atoms with Crippen LogP contribution in [0, 0.1) is 0 Å². The van der Waals surface area contributed by atoms with Crippen LogP contribution in [0.4, 0.5) is 0 Å². The maximum Gasteiger partial charge on any atom is 0.253 e. The van der Waals surface area contributed by atoms with Crippen molar-refractivity contribution in [2.75, 3.05) is 46.4 Å². The Balaban J connectivity index is 1.88. The van der Waals surface area contributed by atoms with E-state index in [-0.39, 0.29) is 17.7 Å². The Morgan fingerprint density at radius 2 is 1.56 bits per heavy atom. The molecule has 25 heavy (non-hydrogen) atoms. The molecule has 1 aliphatic heterocycles. The molecule has 0 bridgehead atoms. The van der Waals surface area contributed by atoms with Gasteiger partial charge < -0.3 is 19.9 Å². The average molecular weight is 347 g/mol. The van der Waals surface area contributed by atoms with Gasteiger partial charge in [0.1, 0.15) is 0 Å². The zero-order valence-corrected chi connectivity index (χ0v) is 14.8. The van der Waals surface area contributed by atoms with Gasteiger partial charge in [0, 0.05) is 64.5 Å². The highest BCUT2D eigenvalue weighted by Gasteiger charge is 2.23. The van der Waals surface area contributed by atoms with Crippen LogP contribution in [0.5, 0.6) is 0 Å². The van der Waals surface area contributed by atoms with Crippen molar-refractivity contribution in [3.05, 3.63) is 35.4 Å². The quantitative estimate of drug-likeness (QED) is 0.771. The predicted octanol–water partition coefficient (Wildman–Crippen LogP) is 0.757. The van der Waals surface area contributed by atoms with Crippen LogP contribution in [-0.2, 0) is 9.53 Å². The van der Waals surface area contributed by atoms with Crippen LogP contribution in [0.15, 0.2) is 24.3 Å². The lowest BCUT2D eigenvalue weighted by atomic mass is 10.1. The van der Waals surface area contributed by atoms with Gasteiger partial charge in [0.05, 0.1) is 0 Å². The molecule has 1 N–H and O–H groups in total. The second kappa shape index (κ2) is 9.17. The van der Waals surface area contributed by atoms with Crippen molar-refractivity contribution in [1.29, 1.82) is 0 Å². The van der Waals surface area contributed by atoms with Gasteiger partial charge in [0.15, 0.2) is 0 Å². The molecule has 0 spiro atoms. The van der Waals surface area contributed by atoms with Gasteiger partial charge >= 0.3 is 0 Å². The first-order chi connectivity index (χ1) is 12.0. The fourth-order valence-electron chi connectivity index (χ4n) is 2.69. The van der Waals surface area contributed by atoms with E-state index >= 15 is 0 Å². The normalized spacial score (nSPS) is 14.3. The van der Waals surface area contributed by atoms with Crippen LogP contribution in [0.25, 0.3) is 0 Å². The average Bonchev–Trinajstić information content (AvgIpc) is 2.64. The molecule has 1 aromatic rings. The van der Waals surface area contributed by atoms with Crippen molar-refractivity contribution < 1.29 is 19.1 Å². The van der Waals surface area contributed by atoms with Crippen molar-refractivity contribution in [2.24, 2.45) is 0 Å². The summed E-state index contributed by atoms with van der Waals surface area (Å²) in [6.45, 7) is 4.86. The maximum atomic E-state index is 12.5. The topological polar surface area (TPSA) is 79.0 Å². The number of nitrogens with zero attached hydrogens (tertiary/aromatic N) is 2. The van der Waals surface area contributed by atoms with E-state index in [1.807, 2.05) is 0 Å². The third-order valence-electron chi connectivity index (χ3n) is 4.22. The van der Waals surface area contributed by atoms with Crippen LogP contribution in [0.1, 0.15) is 34.1 Å². The van der Waals surface area contributed by atoms with E-state index in [2.05, 4.69) is 5.32 Å². The number of piperazine rings is 1. The molecule has 0 aromatic heterocycles. The number of ether oxygens (including phenoxy) is 1. The van der Waals surface area contributed by atoms with Crippen LogP contribution in [-0.4, -0.2) is 74.0 Å². The van der Waals surface area contributed by atoms with Gasteiger partial charge in [-0.3, -0.25) is 14.4 Å². The molecular formula is C18H25N3O4. The van der Waals surface area contributed by atoms with E-state index in [0.717, 1.165) is 6.42 Å². The Bertz CT molecular complexity index is 607. The van der Waals surface area contributed by atoms with E-state index in [1.54, 1.807) is 41.2 Å². The molecular weight excluding hydrogens is 322 g/mol. The summed E-state index contributed by atoms with van der Waals surface area (Å²) in [6.07, 6.45) is 0.755. The molecule has 1 heterocycles. The standard InChI is InChI=1S/C18H25N3O4/c1-14(22)20-9-11-21(12-10-20)18(24)16-6-4-15(5-7-16)17(23)19-8-3-13-25-2/h4-7H,3,8-13H2,1-2H3,(H,19,23). The maximum absolute atomic E-state index is 12.5. The summed E-state index contributed by atoms with van der Waals surface area (Å²) in [5, 5.41) is 2.81. The van der Waals surface area contributed by atoms with Crippen LogP contribution >= 0.6 is 0 Å². The molecule has 0 aliphatic carbocycles. The summed E-state index contributed by atoms with van der Waals surface area (Å²) in [5.41, 5.74) is 1.07. The minimum atomic E-state index is -0.162. The predicted molar refractivity (Wildman–Crippen MR) is 93.4 cm³/mol. The van der Waals surface area contributed by atoms with E-state index < -0.39 is 0 Å². The molecule has 7 nitrogen and oxygen atoms in total. The third kappa shape index (κ3) is 5.29. The van der Waals surface area contributed by atoms with Gasteiger partial charge in [-0.1, -0.05) is 0 Å². The first-order valence-electron chi connectivity index (χ1n) is 8.45. The second-order valence-corrected chi connectivity index (χ2v) is 5.98. The zero-order valence-electron chi connectivity index (χ0n) is 14.8. The molecule has 0 atom stereocenters. The van der Waals surface area contributed by atoms with Gasteiger partial charge in [0.2, 0.25) is 5.91 Å². The van der Waals surface area contributed by atoms with Crippen molar-refractivity contribution in [2.45, 2.75) is 13.3 Å². The molecule has 1 saturated heterocycles.